The molecule has 6 heteroatoms. The van der Waals surface area contributed by atoms with E-state index in [0.717, 1.165) is 5.70 Å². The molecule has 1 atom stereocenters. The van der Waals surface area contributed by atoms with E-state index in [1.165, 1.54) is 16.0 Å². The van der Waals surface area contributed by atoms with Gasteiger partial charge in [0.2, 0.25) is 5.95 Å². The van der Waals surface area contributed by atoms with Crippen LogP contribution in [0.15, 0.2) is 47.9 Å². The number of benzene rings is 1. The molecule has 0 saturated carbocycles. The third-order valence-electron chi connectivity index (χ3n) is 3.53. The predicted molar refractivity (Wildman–Crippen MR) is 83.1 cm³/mol. The van der Waals surface area contributed by atoms with E-state index < -0.39 is 0 Å². The first-order valence-electron chi connectivity index (χ1n) is 6.68. The Bertz CT molecular complexity index is 786. The van der Waals surface area contributed by atoms with Crippen LogP contribution >= 0.6 is 11.3 Å². The van der Waals surface area contributed by atoms with Gasteiger partial charge in [-0.25, -0.2) is 0 Å². The highest BCUT2D eigenvalue weighted by Crippen LogP contribution is 2.32. The van der Waals surface area contributed by atoms with Crippen molar-refractivity contribution in [3.63, 3.8) is 0 Å². The zero-order valence-electron chi connectivity index (χ0n) is 11.4. The highest BCUT2D eigenvalue weighted by Gasteiger charge is 2.24. The van der Waals surface area contributed by atoms with Crippen molar-refractivity contribution >= 4 is 23.0 Å². The molecule has 2 aromatic heterocycles. The number of rotatable bonds is 2. The van der Waals surface area contributed by atoms with Gasteiger partial charge in [-0.2, -0.15) is 4.68 Å². The summed E-state index contributed by atoms with van der Waals surface area (Å²) in [6.07, 6.45) is 2.17. The number of tetrazole rings is 1. The Morgan fingerprint density at radius 2 is 2.05 bits per heavy atom. The number of aryl methyl sites for hydroxylation is 1. The molecule has 1 aliphatic rings. The largest absolute Gasteiger partial charge is 0.322 e. The fourth-order valence-corrected chi connectivity index (χ4v) is 3.14. The van der Waals surface area contributed by atoms with Gasteiger partial charge in [0, 0.05) is 0 Å². The lowest BCUT2D eigenvalue weighted by Gasteiger charge is -2.22. The Morgan fingerprint density at radius 3 is 2.81 bits per heavy atom. The van der Waals surface area contributed by atoms with Gasteiger partial charge in [0.25, 0.3) is 0 Å². The molecular formula is C15H13N5S. The number of nitrogens with zero attached hydrogens (tertiary/aromatic N) is 4. The second-order valence-corrected chi connectivity index (χ2v) is 5.93. The number of hydrogen-bond acceptors (Lipinski definition) is 5. The monoisotopic (exact) mass is 295 g/mol. The molecule has 0 fully saturated rings. The second kappa shape index (κ2) is 4.82. The zero-order valence-corrected chi connectivity index (χ0v) is 12.2. The van der Waals surface area contributed by atoms with Crippen molar-refractivity contribution in [2.24, 2.45) is 0 Å². The van der Waals surface area contributed by atoms with E-state index in [9.17, 15) is 0 Å². The van der Waals surface area contributed by atoms with Gasteiger partial charge in [0.1, 0.15) is 6.04 Å². The van der Waals surface area contributed by atoms with Gasteiger partial charge in [0.15, 0.2) is 0 Å². The number of allylic oxidation sites excluding steroid dienone is 1. The summed E-state index contributed by atoms with van der Waals surface area (Å²) in [7, 11) is 0. The number of thiophene rings is 1. The lowest BCUT2D eigenvalue weighted by Crippen LogP contribution is -2.19. The van der Waals surface area contributed by atoms with Crippen molar-refractivity contribution in [1.29, 1.82) is 0 Å². The average molecular weight is 295 g/mol. The molecule has 0 saturated heterocycles. The Labute approximate surface area is 125 Å². The number of nitrogens with one attached hydrogen (secondary N) is 1. The van der Waals surface area contributed by atoms with E-state index in [4.69, 9.17) is 0 Å². The Morgan fingerprint density at radius 1 is 1.19 bits per heavy atom. The topological polar surface area (TPSA) is 55.6 Å². The minimum atomic E-state index is 0.00829. The molecule has 1 aliphatic heterocycles. The molecular weight excluding hydrogens is 282 g/mol. The molecule has 1 N–H and O–H groups in total. The summed E-state index contributed by atoms with van der Waals surface area (Å²) >= 11 is 1.70. The quantitative estimate of drug-likeness (QED) is 0.789. The molecule has 0 radical (unpaired) electrons. The summed E-state index contributed by atoms with van der Waals surface area (Å²) in [5.41, 5.74) is 3.47. The lowest BCUT2D eigenvalue weighted by atomic mass is 10.0. The maximum absolute atomic E-state index is 4.10. The second-order valence-electron chi connectivity index (χ2n) is 4.99. The van der Waals surface area contributed by atoms with Gasteiger partial charge in [0.05, 0.1) is 10.6 Å². The van der Waals surface area contributed by atoms with E-state index in [-0.39, 0.29) is 6.04 Å². The fourth-order valence-electron chi connectivity index (χ4n) is 2.43. The van der Waals surface area contributed by atoms with Crippen molar-refractivity contribution in [1.82, 2.24) is 20.2 Å². The van der Waals surface area contributed by atoms with Crippen molar-refractivity contribution in [2.75, 3.05) is 5.32 Å². The van der Waals surface area contributed by atoms with Crippen molar-refractivity contribution in [3.8, 4) is 0 Å². The summed E-state index contributed by atoms with van der Waals surface area (Å²) in [4.78, 5) is 1.18. The minimum Gasteiger partial charge on any atom is -0.322 e. The van der Waals surface area contributed by atoms with Crippen LogP contribution in [0.25, 0.3) is 5.70 Å². The summed E-state index contributed by atoms with van der Waals surface area (Å²) in [6.45, 7) is 2.08. The van der Waals surface area contributed by atoms with Crippen LogP contribution in [0.2, 0.25) is 0 Å². The van der Waals surface area contributed by atoms with Crippen LogP contribution in [0.4, 0.5) is 5.95 Å². The van der Waals surface area contributed by atoms with Crippen LogP contribution in [0.5, 0.6) is 0 Å². The van der Waals surface area contributed by atoms with Crippen LogP contribution in [0, 0.1) is 6.92 Å². The smallest absolute Gasteiger partial charge is 0.248 e. The standard InChI is InChI=1S/C15H13N5S/c1-10-4-6-11(7-5-10)13-9-12(14-3-2-8-21-14)16-15-17-18-19-20(13)15/h2-9,13H,1H3,(H,16,17,19)/t13-/m1/s1. The molecule has 0 spiro atoms. The Hall–Kier alpha value is -2.47. The van der Waals surface area contributed by atoms with E-state index in [2.05, 4.69) is 69.6 Å². The molecule has 104 valence electrons. The molecule has 4 rings (SSSR count). The van der Waals surface area contributed by atoms with Crippen molar-refractivity contribution in [3.05, 3.63) is 63.9 Å². The third kappa shape index (κ3) is 2.13. The molecule has 0 bridgehead atoms. The van der Waals surface area contributed by atoms with Crippen molar-refractivity contribution < 1.29 is 0 Å². The van der Waals surface area contributed by atoms with E-state index in [1.807, 2.05) is 10.7 Å². The summed E-state index contributed by atoms with van der Waals surface area (Å²) in [5, 5.41) is 17.3. The van der Waals surface area contributed by atoms with Crippen LogP contribution in [0.1, 0.15) is 22.0 Å². The third-order valence-corrected chi connectivity index (χ3v) is 4.44. The van der Waals surface area contributed by atoms with Gasteiger partial charge in [-0.3, -0.25) is 0 Å². The van der Waals surface area contributed by atoms with Crippen molar-refractivity contribution in [2.45, 2.75) is 13.0 Å². The predicted octanol–water partition coefficient (Wildman–Crippen LogP) is 3.10. The average Bonchev–Trinajstić information content (AvgIpc) is 3.18. The summed E-state index contributed by atoms with van der Waals surface area (Å²) < 4.78 is 1.81. The summed E-state index contributed by atoms with van der Waals surface area (Å²) in [6, 6.07) is 12.6. The molecule has 21 heavy (non-hydrogen) atoms. The normalized spacial score (nSPS) is 17.0. The Kier molecular flexibility index (Phi) is 2.82. The SMILES string of the molecule is Cc1ccc([C@H]2C=C(c3cccs3)Nc3nnnn32)cc1. The van der Waals surface area contributed by atoms with Gasteiger partial charge >= 0.3 is 0 Å². The number of aromatic nitrogens is 4. The highest BCUT2D eigenvalue weighted by atomic mass is 32.1. The van der Waals surface area contributed by atoms with Gasteiger partial charge in [-0.1, -0.05) is 41.0 Å². The van der Waals surface area contributed by atoms with Gasteiger partial charge in [-0.15, -0.1) is 11.3 Å². The first kappa shape index (κ1) is 12.3. The molecule has 0 aliphatic carbocycles. The molecule has 3 heterocycles. The van der Waals surface area contributed by atoms with E-state index in [0.29, 0.717) is 5.95 Å². The molecule has 0 unspecified atom stereocenters. The Balaban J connectivity index is 1.82. The number of fused-ring (bicyclic) bond motifs is 1. The summed E-state index contributed by atoms with van der Waals surface area (Å²) in [5.74, 6) is 0.673. The van der Waals surface area contributed by atoms with E-state index >= 15 is 0 Å². The maximum atomic E-state index is 4.10. The molecule has 3 aromatic rings. The first-order valence-corrected chi connectivity index (χ1v) is 7.56. The molecule has 1 aromatic carbocycles. The fraction of sp³-hybridized carbons (Fsp3) is 0.133. The first-order chi connectivity index (χ1) is 10.3. The van der Waals surface area contributed by atoms with Gasteiger partial charge in [-0.05, 0) is 40.4 Å². The minimum absolute atomic E-state index is 0.00829. The zero-order chi connectivity index (χ0) is 14.2. The number of anilines is 1. The molecule has 5 nitrogen and oxygen atoms in total. The van der Waals surface area contributed by atoms with E-state index in [1.54, 1.807) is 11.3 Å². The van der Waals surface area contributed by atoms with Crippen LogP contribution in [-0.4, -0.2) is 20.2 Å². The van der Waals surface area contributed by atoms with Gasteiger partial charge < -0.3 is 5.32 Å². The lowest BCUT2D eigenvalue weighted by molar-refractivity contribution is 0.586. The highest BCUT2D eigenvalue weighted by molar-refractivity contribution is 7.11. The number of hydrogen-bond donors (Lipinski definition) is 1. The maximum Gasteiger partial charge on any atom is 0.248 e. The van der Waals surface area contributed by atoms with Crippen LogP contribution in [-0.2, 0) is 0 Å². The van der Waals surface area contributed by atoms with Crippen LogP contribution < -0.4 is 5.32 Å². The van der Waals surface area contributed by atoms with Crippen LogP contribution in [0.3, 0.4) is 0 Å². The molecule has 0 amide bonds.